The van der Waals surface area contributed by atoms with Gasteiger partial charge in [0.25, 0.3) is 0 Å². The van der Waals surface area contributed by atoms with Crippen molar-refractivity contribution in [1.82, 2.24) is 24.9 Å². The fraction of sp³-hybridized carbons (Fsp3) is 0.696. The summed E-state index contributed by atoms with van der Waals surface area (Å²) in [7, 11) is 0. The molecule has 6 rings (SSSR count). The van der Waals surface area contributed by atoms with Crippen LogP contribution in [0.15, 0.2) is 24.5 Å². The normalized spacial score (nSPS) is 29.9. The summed E-state index contributed by atoms with van der Waals surface area (Å²) in [6, 6.07) is 5.27. The van der Waals surface area contributed by atoms with Gasteiger partial charge in [-0.15, -0.1) is 10.2 Å². The Morgan fingerprint density at radius 3 is 2.50 bits per heavy atom. The third-order valence-electron chi connectivity index (χ3n) is 7.52. The maximum Gasteiger partial charge on any atom is 0.148 e. The molecule has 0 aromatic carbocycles. The topological polar surface area (TPSA) is 68.1 Å². The Hall–Kier alpha value is -1.99. The van der Waals surface area contributed by atoms with E-state index in [1.54, 1.807) is 0 Å². The predicted molar refractivity (Wildman–Crippen MR) is 115 cm³/mol. The highest BCUT2D eigenvalue weighted by Gasteiger charge is 2.41. The lowest BCUT2D eigenvalue weighted by atomic mass is 10.00. The Labute approximate surface area is 178 Å². The molecule has 30 heavy (non-hydrogen) atoms. The summed E-state index contributed by atoms with van der Waals surface area (Å²) in [5.74, 6) is 3.42. The van der Waals surface area contributed by atoms with Crippen molar-refractivity contribution in [3.05, 3.63) is 24.5 Å². The van der Waals surface area contributed by atoms with Crippen LogP contribution in [0.4, 0.5) is 5.82 Å². The molecule has 0 spiro atoms. The molecule has 4 aliphatic rings. The molecule has 2 aromatic heterocycles. The van der Waals surface area contributed by atoms with E-state index in [-0.39, 0.29) is 0 Å². The van der Waals surface area contributed by atoms with Crippen molar-refractivity contribution >= 4 is 5.82 Å². The Balaban J connectivity index is 1.01. The lowest BCUT2D eigenvalue weighted by Gasteiger charge is -2.27. The van der Waals surface area contributed by atoms with Crippen molar-refractivity contribution in [2.24, 2.45) is 17.8 Å². The lowest BCUT2D eigenvalue weighted by Crippen LogP contribution is -2.32. The molecule has 1 N–H and O–H groups in total. The molecule has 2 saturated carbocycles. The number of likely N-dealkylation sites (tertiary alicyclic amines) is 1. The summed E-state index contributed by atoms with van der Waals surface area (Å²) in [5.41, 5.74) is 1.96. The zero-order valence-electron chi connectivity index (χ0n) is 17.6. The number of aromatic nitrogens is 4. The lowest BCUT2D eigenvalue weighted by molar-refractivity contribution is 0.0545. The Morgan fingerprint density at radius 1 is 1.00 bits per heavy atom. The Morgan fingerprint density at radius 2 is 1.80 bits per heavy atom. The molecule has 4 heterocycles. The van der Waals surface area contributed by atoms with Gasteiger partial charge in [-0.25, -0.2) is 0 Å². The number of nitrogens with one attached hydrogen (secondary N) is 1. The van der Waals surface area contributed by atoms with E-state index in [1.807, 2.05) is 6.20 Å². The largest absolute Gasteiger partial charge is 0.381 e. The number of anilines is 1. The van der Waals surface area contributed by atoms with Gasteiger partial charge in [-0.1, -0.05) is 0 Å². The van der Waals surface area contributed by atoms with E-state index in [9.17, 15) is 0 Å². The highest BCUT2D eigenvalue weighted by atomic mass is 16.5. The van der Waals surface area contributed by atoms with E-state index in [2.05, 4.69) is 48.5 Å². The van der Waals surface area contributed by atoms with Crippen LogP contribution in [0.2, 0.25) is 0 Å². The first-order chi connectivity index (χ1) is 14.8. The van der Waals surface area contributed by atoms with Gasteiger partial charge in [0.05, 0.1) is 17.9 Å². The highest BCUT2D eigenvalue weighted by molar-refractivity contribution is 5.57. The van der Waals surface area contributed by atoms with Crippen LogP contribution in [0, 0.1) is 17.8 Å². The van der Waals surface area contributed by atoms with Crippen LogP contribution >= 0.6 is 0 Å². The number of hydrogen-bond acceptors (Lipinski definition) is 6. The second kappa shape index (κ2) is 7.93. The van der Waals surface area contributed by atoms with Gasteiger partial charge in [-0.2, -0.15) is 5.10 Å². The number of hydrogen-bond donors (Lipinski definition) is 1. The van der Waals surface area contributed by atoms with Crippen LogP contribution < -0.4 is 5.32 Å². The van der Waals surface area contributed by atoms with Crippen molar-refractivity contribution < 1.29 is 4.74 Å². The molecule has 2 aromatic rings. The molecule has 0 amide bonds. The van der Waals surface area contributed by atoms with Crippen molar-refractivity contribution in [2.75, 3.05) is 38.2 Å². The molecule has 160 valence electrons. The van der Waals surface area contributed by atoms with Gasteiger partial charge in [0.2, 0.25) is 0 Å². The summed E-state index contributed by atoms with van der Waals surface area (Å²) < 4.78 is 7.57. The minimum atomic E-state index is 0.531. The van der Waals surface area contributed by atoms with Crippen molar-refractivity contribution in [3.63, 3.8) is 0 Å². The molecule has 7 nitrogen and oxygen atoms in total. The van der Waals surface area contributed by atoms with Gasteiger partial charge in [-0.05, 0) is 68.4 Å². The van der Waals surface area contributed by atoms with Crippen LogP contribution in [-0.4, -0.2) is 63.8 Å². The highest BCUT2D eigenvalue weighted by Crippen LogP contribution is 2.40. The quantitative estimate of drug-likeness (QED) is 0.792. The molecular weight excluding hydrogens is 376 g/mol. The number of ether oxygens (including phenoxy) is 1. The first kappa shape index (κ1) is 18.8. The third-order valence-corrected chi connectivity index (χ3v) is 7.52. The predicted octanol–water partition coefficient (Wildman–Crippen LogP) is 3.22. The summed E-state index contributed by atoms with van der Waals surface area (Å²) in [4.78, 5) is 2.72. The van der Waals surface area contributed by atoms with Crippen LogP contribution in [0.5, 0.6) is 0 Å². The molecule has 0 radical (unpaired) electrons. The number of nitrogens with zero attached hydrogens (tertiary/aromatic N) is 5. The second-order valence-corrected chi connectivity index (χ2v) is 9.85. The monoisotopic (exact) mass is 408 g/mol. The first-order valence-corrected chi connectivity index (χ1v) is 11.7. The van der Waals surface area contributed by atoms with Gasteiger partial charge in [0, 0.05) is 50.7 Å². The van der Waals surface area contributed by atoms with Crippen molar-refractivity contribution in [3.8, 4) is 11.3 Å². The fourth-order valence-corrected chi connectivity index (χ4v) is 5.74. The molecule has 7 heteroatoms. The molecular formula is C23H32N6O. The molecule has 3 atom stereocenters. The summed E-state index contributed by atoms with van der Waals surface area (Å²) in [6.07, 6.45) is 11.5. The Kier molecular flexibility index (Phi) is 4.96. The average molecular weight is 409 g/mol. The number of fused-ring (bicyclic) bond motifs is 1. The maximum absolute atomic E-state index is 5.51. The SMILES string of the molecule is c1nn(C2CC2)cc1-c1ccc(NC2C[C@@H]3CN(CC4CCOCC4)C[C@@H]3C2)nn1. The van der Waals surface area contributed by atoms with E-state index >= 15 is 0 Å². The zero-order valence-corrected chi connectivity index (χ0v) is 17.6. The van der Waals surface area contributed by atoms with Gasteiger partial charge < -0.3 is 15.0 Å². The smallest absolute Gasteiger partial charge is 0.148 e. The van der Waals surface area contributed by atoms with E-state index in [0.29, 0.717) is 12.1 Å². The average Bonchev–Trinajstić information content (AvgIpc) is 3.20. The standard InChI is InChI=1S/C23H32N6O/c1-2-21(1)29-15-19(11-24-29)22-3-4-23(27-26-22)25-20-9-17-13-28(14-18(17)10-20)12-16-5-7-30-8-6-16/h3-4,11,15-18,20-21H,1-2,5-10,12-14H2,(H,25,27)/t17-,18+,20?. The zero-order chi connectivity index (χ0) is 19.9. The third kappa shape index (κ3) is 3.97. The molecule has 2 saturated heterocycles. The molecule has 1 unspecified atom stereocenters. The minimum Gasteiger partial charge on any atom is -0.381 e. The summed E-state index contributed by atoms with van der Waals surface area (Å²) >= 11 is 0. The van der Waals surface area contributed by atoms with Crippen molar-refractivity contribution in [2.45, 2.75) is 50.6 Å². The minimum absolute atomic E-state index is 0.531. The molecule has 0 bridgehead atoms. The van der Waals surface area contributed by atoms with E-state index in [4.69, 9.17) is 4.74 Å². The first-order valence-electron chi connectivity index (χ1n) is 11.7. The molecule has 4 fully saturated rings. The van der Waals surface area contributed by atoms with Gasteiger partial charge in [-0.3, -0.25) is 4.68 Å². The Bertz CT molecular complexity index is 843. The van der Waals surface area contributed by atoms with Gasteiger partial charge in [0.15, 0.2) is 0 Å². The second-order valence-electron chi connectivity index (χ2n) is 9.85. The van der Waals surface area contributed by atoms with Crippen LogP contribution in [-0.2, 0) is 4.74 Å². The fourth-order valence-electron chi connectivity index (χ4n) is 5.74. The summed E-state index contributed by atoms with van der Waals surface area (Å²) in [5, 5.41) is 17.0. The van der Waals surface area contributed by atoms with Crippen LogP contribution in [0.1, 0.15) is 44.6 Å². The van der Waals surface area contributed by atoms with E-state index in [0.717, 1.165) is 48.0 Å². The molecule has 2 aliphatic heterocycles. The number of rotatable bonds is 6. The van der Waals surface area contributed by atoms with Crippen LogP contribution in [0.3, 0.4) is 0 Å². The van der Waals surface area contributed by atoms with Crippen LogP contribution in [0.25, 0.3) is 11.3 Å². The van der Waals surface area contributed by atoms with E-state index in [1.165, 1.54) is 58.2 Å². The van der Waals surface area contributed by atoms with Gasteiger partial charge in [0.1, 0.15) is 5.82 Å². The van der Waals surface area contributed by atoms with Gasteiger partial charge >= 0.3 is 0 Å². The maximum atomic E-state index is 5.51. The van der Waals surface area contributed by atoms with Crippen molar-refractivity contribution in [1.29, 1.82) is 0 Å². The molecule has 2 aliphatic carbocycles. The van der Waals surface area contributed by atoms with E-state index < -0.39 is 0 Å². The summed E-state index contributed by atoms with van der Waals surface area (Å²) in [6.45, 7) is 5.74.